The van der Waals surface area contributed by atoms with Gasteiger partial charge in [-0.25, -0.2) is 4.90 Å². The largest absolute Gasteiger partial charge is 0.323 e. The van der Waals surface area contributed by atoms with Gasteiger partial charge in [-0.1, -0.05) is 32.0 Å². The second kappa shape index (κ2) is 8.22. The molecule has 0 bridgehead atoms. The maximum atomic E-state index is 12.1. The van der Waals surface area contributed by atoms with Gasteiger partial charge in [-0.15, -0.1) is 12.4 Å². The number of benzene rings is 1. The number of nitrogens with zero attached hydrogens (tertiary/aromatic N) is 3. The van der Waals surface area contributed by atoms with E-state index in [2.05, 4.69) is 18.7 Å². The maximum absolute atomic E-state index is 12.1. The molecule has 1 aliphatic heterocycles. The van der Waals surface area contributed by atoms with Crippen LogP contribution in [0.2, 0.25) is 0 Å². The van der Waals surface area contributed by atoms with Crippen molar-refractivity contribution in [2.75, 3.05) is 31.1 Å². The van der Waals surface area contributed by atoms with E-state index in [0.717, 1.165) is 13.1 Å². The topological polar surface area (TPSA) is 43.9 Å². The second-order valence-electron chi connectivity index (χ2n) is 4.74. The summed E-state index contributed by atoms with van der Waals surface area (Å²) >= 11 is 5.31. The highest BCUT2D eigenvalue weighted by Gasteiger charge is 2.42. The summed E-state index contributed by atoms with van der Waals surface area (Å²) in [7, 11) is 0. The molecule has 0 aromatic heterocycles. The molecule has 1 heterocycles. The van der Waals surface area contributed by atoms with E-state index in [1.54, 1.807) is 12.1 Å². The molecule has 22 heavy (non-hydrogen) atoms. The van der Waals surface area contributed by atoms with E-state index >= 15 is 0 Å². The average Bonchev–Trinajstić information content (AvgIpc) is 2.72. The molecular weight excluding hydrogens is 322 g/mol. The number of hydrogen-bond acceptors (Lipinski definition) is 4. The van der Waals surface area contributed by atoms with Gasteiger partial charge >= 0.3 is 11.8 Å². The Morgan fingerprint density at radius 1 is 1.05 bits per heavy atom. The van der Waals surface area contributed by atoms with E-state index in [-0.39, 0.29) is 17.5 Å². The average molecular weight is 342 g/mol. The van der Waals surface area contributed by atoms with Crippen LogP contribution in [0.5, 0.6) is 0 Å². The predicted molar refractivity (Wildman–Crippen MR) is 93.3 cm³/mol. The maximum Gasteiger partial charge on any atom is 0.323 e. The first-order valence-electron chi connectivity index (χ1n) is 7.07. The van der Waals surface area contributed by atoms with Gasteiger partial charge in [-0.3, -0.25) is 14.5 Å². The lowest BCUT2D eigenvalue weighted by Gasteiger charge is -2.23. The van der Waals surface area contributed by atoms with Crippen LogP contribution in [0.1, 0.15) is 13.8 Å². The number of halogens is 1. The van der Waals surface area contributed by atoms with Crippen LogP contribution in [-0.4, -0.2) is 52.9 Å². The van der Waals surface area contributed by atoms with E-state index in [4.69, 9.17) is 12.2 Å². The number of amides is 2. The zero-order chi connectivity index (χ0) is 15.4. The van der Waals surface area contributed by atoms with Gasteiger partial charge in [0.15, 0.2) is 5.11 Å². The van der Waals surface area contributed by atoms with Crippen LogP contribution in [0.15, 0.2) is 30.3 Å². The summed E-state index contributed by atoms with van der Waals surface area (Å²) in [6, 6.07) is 9.02. The summed E-state index contributed by atoms with van der Waals surface area (Å²) in [6.45, 7) is 7.08. The van der Waals surface area contributed by atoms with Gasteiger partial charge in [0.1, 0.15) is 0 Å². The lowest BCUT2D eigenvalue weighted by molar-refractivity contribution is -0.139. The van der Waals surface area contributed by atoms with Crippen molar-refractivity contribution in [1.82, 2.24) is 9.80 Å². The Morgan fingerprint density at radius 2 is 1.64 bits per heavy atom. The molecule has 1 aromatic carbocycles. The Kier molecular flexibility index (Phi) is 6.93. The summed E-state index contributed by atoms with van der Waals surface area (Å²) in [5, 5.41) is 0.267. The lowest BCUT2D eigenvalue weighted by Crippen LogP contribution is -2.39. The Hall–Kier alpha value is -1.50. The summed E-state index contributed by atoms with van der Waals surface area (Å²) in [4.78, 5) is 29.1. The van der Waals surface area contributed by atoms with Gasteiger partial charge in [0.05, 0.1) is 5.69 Å². The molecule has 0 radical (unpaired) electrons. The van der Waals surface area contributed by atoms with E-state index in [1.165, 1.54) is 9.80 Å². The van der Waals surface area contributed by atoms with Crippen molar-refractivity contribution in [3.05, 3.63) is 30.3 Å². The van der Waals surface area contributed by atoms with E-state index in [9.17, 15) is 9.59 Å². The van der Waals surface area contributed by atoms with Crippen molar-refractivity contribution >= 4 is 47.2 Å². The minimum Gasteiger partial charge on any atom is -0.302 e. The van der Waals surface area contributed by atoms with Gasteiger partial charge in [-0.2, -0.15) is 0 Å². The molecule has 0 saturated carbocycles. The number of anilines is 1. The fourth-order valence-electron chi connectivity index (χ4n) is 2.29. The normalized spacial score (nSPS) is 14.8. The Balaban J connectivity index is 0.00000242. The lowest BCUT2D eigenvalue weighted by atomic mass is 10.3. The molecule has 2 rings (SSSR count). The highest BCUT2D eigenvalue weighted by molar-refractivity contribution is 7.80. The molecule has 0 aliphatic carbocycles. The van der Waals surface area contributed by atoms with E-state index < -0.39 is 11.8 Å². The van der Waals surface area contributed by atoms with Gasteiger partial charge < -0.3 is 4.90 Å². The van der Waals surface area contributed by atoms with Crippen LogP contribution < -0.4 is 4.90 Å². The van der Waals surface area contributed by atoms with Crippen molar-refractivity contribution in [3.63, 3.8) is 0 Å². The molecule has 0 atom stereocenters. The first-order valence-corrected chi connectivity index (χ1v) is 7.48. The number of thiocarbonyl (C=S) groups is 1. The summed E-state index contributed by atoms with van der Waals surface area (Å²) < 4.78 is 0. The van der Waals surface area contributed by atoms with Crippen LogP contribution in [-0.2, 0) is 9.59 Å². The van der Waals surface area contributed by atoms with Crippen LogP contribution in [0.4, 0.5) is 5.69 Å². The molecule has 7 heteroatoms. The third-order valence-corrected chi connectivity index (χ3v) is 4.01. The minimum absolute atomic E-state index is 0. The third kappa shape index (κ3) is 3.63. The molecular formula is C15H20ClN3O2S. The van der Waals surface area contributed by atoms with Crippen molar-refractivity contribution in [2.45, 2.75) is 13.8 Å². The van der Waals surface area contributed by atoms with Crippen molar-refractivity contribution in [2.24, 2.45) is 0 Å². The van der Waals surface area contributed by atoms with Gasteiger partial charge in [0, 0.05) is 13.1 Å². The van der Waals surface area contributed by atoms with Crippen LogP contribution in [0.3, 0.4) is 0 Å². The van der Waals surface area contributed by atoms with Crippen molar-refractivity contribution in [3.8, 4) is 0 Å². The SMILES string of the molecule is CCN(CC)CCN1C(=O)C(=O)N(c2ccccc2)C1=S.Cl. The fraction of sp³-hybridized carbons (Fsp3) is 0.400. The number of para-hydroxylation sites is 1. The van der Waals surface area contributed by atoms with E-state index in [0.29, 0.717) is 18.8 Å². The van der Waals surface area contributed by atoms with Gasteiger partial charge in [0.25, 0.3) is 0 Å². The van der Waals surface area contributed by atoms with E-state index in [1.807, 2.05) is 18.2 Å². The number of carbonyl (C=O) groups is 2. The molecule has 0 spiro atoms. The molecule has 0 unspecified atom stereocenters. The van der Waals surface area contributed by atoms with Crippen LogP contribution >= 0.6 is 24.6 Å². The monoisotopic (exact) mass is 341 g/mol. The Bertz CT molecular complexity index is 549. The van der Waals surface area contributed by atoms with Crippen LogP contribution in [0.25, 0.3) is 0 Å². The Labute approximate surface area is 142 Å². The number of hydrogen-bond donors (Lipinski definition) is 0. The van der Waals surface area contributed by atoms with Crippen LogP contribution in [0, 0.1) is 0 Å². The summed E-state index contributed by atoms with van der Waals surface area (Å²) in [5.74, 6) is -1.12. The number of rotatable bonds is 6. The highest BCUT2D eigenvalue weighted by Crippen LogP contribution is 2.21. The quantitative estimate of drug-likeness (QED) is 0.585. The highest BCUT2D eigenvalue weighted by atomic mass is 35.5. The fourth-order valence-corrected chi connectivity index (χ4v) is 2.65. The molecule has 5 nitrogen and oxygen atoms in total. The molecule has 1 aromatic rings. The predicted octanol–water partition coefficient (Wildman–Crippen LogP) is 1.91. The molecule has 1 fully saturated rings. The third-order valence-electron chi connectivity index (χ3n) is 3.60. The zero-order valence-corrected chi connectivity index (χ0v) is 14.3. The number of carbonyl (C=O) groups excluding carboxylic acids is 2. The zero-order valence-electron chi connectivity index (χ0n) is 12.7. The Morgan fingerprint density at radius 3 is 2.18 bits per heavy atom. The minimum atomic E-state index is -0.578. The van der Waals surface area contributed by atoms with Crippen molar-refractivity contribution in [1.29, 1.82) is 0 Å². The molecule has 1 aliphatic rings. The standard InChI is InChI=1S/C15H19N3O2S.ClH/c1-3-16(4-2)10-11-17-13(19)14(20)18(15(17)21)12-8-6-5-7-9-12;/h5-9H,3-4,10-11H2,1-2H3;1H. The summed E-state index contributed by atoms with van der Waals surface area (Å²) in [5.41, 5.74) is 0.631. The molecule has 2 amide bonds. The molecule has 1 saturated heterocycles. The number of likely N-dealkylation sites (N-methyl/N-ethyl adjacent to an activating group) is 1. The smallest absolute Gasteiger partial charge is 0.302 e. The van der Waals surface area contributed by atoms with Crippen molar-refractivity contribution < 1.29 is 9.59 Å². The second-order valence-corrected chi connectivity index (χ2v) is 5.11. The first kappa shape index (κ1) is 18.5. The first-order chi connectivity index (χ1) is 10.1. The summed E-state index contributed by atoms with van der Waals surface area (Å²) in [6.07, 6.45) is 0. The molecule has 0 N–H and O–H groups in total. The van der Waals surface area contributed by atoms with Gasteiger partial charge in [0.2, 0.25) is 0 Å². The van der Waals surface area contributed by atoms with Gasteiger partial charge in [-0.05, 0) is 37.4 Å². The molecule has 120 valence electrons.